The van der Waals surface area contributed by atoms with Crippen LogP contribution in [0, 0.1) is 20.8 Å². The lowest BCUT2D eigenvalue weighted by molar-refractivity contribution is 0.0938. The summed E-state index contributed by atoms with van der Waals surface area (Å²) < 4.78 is 4.99. The predicted octanol–water partition coefficient (Wildman–Crippen LogP) is 4.75. The maximum Gasteiger partial charge on any atom is 0.266 e. The molecule has 1 N–H and O–H groups in total. The summed E-state index contributed by atoms with van der Waals surface area (Å²) in [6.07, 6.45) is 7.29. The van der Waals surface area contributed by atoms with Gasteiger partial charge in [-0.25, -0.2) is 14.5 Å². The molecule has 0 aliphatic heterocycles. The molecule has 0 saturated heterocycles. The average molecular weight is 559 g/mol. The Balaban J connectivity index is 1.47. The molecular formula is C32H30N8O2. The van der Waals surface area contributed by atoms with Crippen molar-refractivity contribution in [2.75, 3.05) is 0 Å². The molecule has 10 heteroatoms. The van der Waals surface area contributed by atoms with Gasteiger partial charge in [0.2, 0.25) is 0 Å². The number of rotatable bonds is 6. The van der Waals surface area contributed by atoms with Gasteiger partial charge in [0.15, 0.2) is 5.65 Å². The summed E-state index contributed by atoms with van der Waals surface area (Å²) in [5.74, 6) is 0.0655. The third-order valence-corrected chi connectivity index (χ3v) is 7.50. The van der Waals surface area contributed by atoms with Gasteiger partial charge in [-0.15, -0.1) is 0 Å². The first-order valence-corrected chi connectivity index (χ1v) is 13.6. The molecule has 0 bridgehead atoms. The second-order valence-corrected chi connectivity index (χ2v) is 10.3. The van der Waals surface area contributed by atoms with E-state index < -0.39 is 6.04 Å². The molecule has 1 unspecified atom stereocenters. The van der Waals surface area contributed by atoms with Crippen LogP contribution in [0.3, 0.4) is 0 Å². The van der Waals surface area contributed by atoms with Crippen LogP contribution >= 0.6 is 0 Å². The molecule has 6 rings (SSSR count). The van der Waals surface area contributed by atoms with Crippen molar-refractivity contribution in [2.24, 2.45) is 7.05 Å². The van der Waals surface area contributed by atoms with E-state index in [2.05, 4.69) is 20.5 Å². The third-order valence-electron chi connectivity index (χ3n) is 7.50. The van der Waals surface area contributed by atoms with Crippen LogP contribution in [0.1, 0.15) is 57.4 Å². The molecule has 10 nitrogen and oxygen atoms in total. The number of para-hydroxylation sites is 1. The number of hydrogen-bond donors (Lipinski definition) is 1. The van der Waals surface area contributed by atoms with Gasteiger partial charge in [-0.3, -0.25) is 18.8 Å². The summed E-state index contributed by atoms with van der Waals surface area (Å²) in [5, 5.41) is 12.4. The van der Waals surface area contributed by atoms with Crippen molar-refractivity contribution >= 4 is 34.6 Å². The van der Waals surface area contributed by atoms with Crippen molar-refractivity contribution in [1.29, 1.82) is 0 Å². The molecule has 1 amide bonds. The van der Waals surface area contributed by atoms with Gasteiger partial charge in [0.25, 0.3) is 11.5 Å². The fourth-order valence-corrected chi connectivity index (χ4v) is 5.33. The highest BCUT2D eigenvalue weighted by Crippen LogP contribution is 2.24. The van der Waals surface area contributed by atoms with E-state index in [1.807, 2.05) is 93.2 Å². The molecule has 0 aliphatic carbocycles. The van der Waals surface area contributed by atoms with Crippen LogP contribution < -0.4 is 10.9 Å². The van der Waals surface area contributed by atoms with Crippen LogP contribution in [0.5, 0.6) is 0 Å². The number of nitrogens with zero attached hydrogens (tertiary/aromatic N) is 7. The Kier molecular flexibility index (Phi) is 6.74. The van der Waals surface area contributed by atoms with Crippen LogP contribution in [0.25, 0.3) is 34.4 Å². The number of hydrogen-bond acceptors (Lipinski definition) is 6. The van der Waals surface area contributed by atoms with E-state index in [0.717, 1.165) is 22.5 Å². The van der Waals surface area contributed by atoms with Gasteiger partial charge < -0.3 is 5.32 Å². The van der Waals surface area contributed by atoms with Crippen molar-refractivity contribution in [2.45, 2.75) is 33.7 Å². The largest absolute Gasteiger partial charge is 0.342 e. The minimum atomic E-state index is -0.618. The molecule has 0 spiro atoms. The van der Waals surface area contributed by atoms with Crippen LogP contribution in [0.4, 0.5) is 0 Å². The highest BCUT2D eigenvalue weighted by Gasteiger charge is 2.24. The maximum atomic E-state index is 14.3. The lowest BCUT2D eigenvalue weighted by atomic mass is 10.1. The first-order valence-electron chi connectivity index (χ1n) is 13.6. The first kappa shape index (κ1) is 26.8. The monoisotopic (exact) mass is 558 g/mol. The lowest BCUT2D eigenvalue weighted by Gasteiger charge is -2.20. The zero-order valence-corrected chi connectivity index (χ0v) is 24.0. The van der Waals surface area contributed by atoms with Gasteiger partial charge in [0.05, 0.1) is 34.0 Å². The number of carbonyl (C=O) groups is 1. The van der Waals surface area contributed by atoms with Gasteiger partial charge in [-0.05, 0) is 57.5 Å². The van der Waals surface area contributed by atoms with E-state index in [-0.39, 0.29) is 11.5 Å². The van der Waals surface area contributed by atoms with Crippen LogP contribution in [0.15, 0.2) is 71.8 Å². The fraction of sp³-hybridized carbons (Fsp3) is 0.188. The molecule has 4 aromatic heterocycles. The smallest absolute Gasteiger partial charge is 0.266 e. The SMILES string of the molecule is Cc1nn(C)c(C)c1/C=C/c1cccc2nc(C(C)NC(=O)c3c(C)nn4cccnc34)n(-c3ccccc3)c(=O)c12. The van der Waals surface area contributed by atoms with E-state index in [1.165, 1.54) is 0 Å². The van der Waals surface area contributed by atoms with Crippen molar-refractivity contribution in [3.05, 3.63) is 117 Å². The third kappa shape index (κ3) is 4.56. The summed E-state index contributed by atoms with van der Waals surface area (Å²) in [4.78, 5) is 37.1. The quantitative estimate of drug-likeness (QED) is 0.316. The predicted molar refractivity (Wildman–Crippen MR) is 163 cm³/mol. The standard InChI is InChI=1S/C32H30N8O2/c1-19-25(22(4)38(5)36-19)16-15-23-11-9-14-26-28(23)32(42)40(24-12-7-6-8-13-24)29(35-26)21(3)34-31(41)27-20(2)37-39-18-10-17-33-30(27)39/h6-18,21H,1-5H3,(H,34,41)/b16-15+. The van der Waals surface area contributed by atoms with Crippen molar-refractivity contribution in [3.63, 3.8) is 0 Å². The molecule has 4 heterocycles. The molecule has 210 valence electrons. The molecule has 0 fully saturated rings. The minimum Gasteiger partial charge on any atom is -0.342 e. The Morgan fingerprint density at radius 3 is 2.48 bits per heavy atom. The second kappa shape index (κ2) is 10.5. The Morgan fingerprint density at radius 1 is 0.952 bits per heavy atom. The highest BCUT2D eigenvalue weighted by atomic mass is 16.2. The fourth-order valence-electron chi connectivity index (χ4n) is 5.33. The zero-order chi connectivity index (χ0) is 29.5. The van der Waals surface area contributed by atoms with Crippen LogP contribution in [-0.2, 0) is 7.05 Å². The van der Waals surface area contributed by atoms with Gasteiger partial charge >= 0.3 is 0 Å². The first-order chi connectivity index (χ1) is 20.2. The summed E-state index contributed by atoms with van der Waals surface area (Å²) in [5.41, 5.74) is 6.06. The minimum absolute atomic E-state index is 0.226. The maximum absolute atomic E-state index is 14.3. The lowest BCUT2D eigenvalue weighted by Crippen LogP contribution is -2.33. The molecule has 0 radical (unpaired) electrons. The van der Waals surface area contributed by atoms with Gasteiger partial charge in [-0.1, -0.05) is 42.5 Å². The highest BCUT2D eigenvalue weighted by molar-refractivity contribution is 6.01. The Bertz CT molecular complexity index is 2070. The number of carbonyl (C=O) groups excluding carboxylic acids is 1. The van der Waals surface area contributed by atoms with E-state index in [9.17, 15) is 9.59 Å². The Morgan fingerprint density at radius 2 is 1.74 bits per heavy atom. The zero-order valence-electron chi connectivity index (χ0n) is 24.0. The van der Waals surface area contributed by atoms with E-state index >= 15 is 0 Å². The van der Waals surface area contributed by atoms with Crippen molar-refractivity contribution < 1.29 is 4.79 Å². The summed E-state index contributed by atoms with van der Waals surface area (Å²) in [6.45, 7) is 7.56. The number of aryl methyl sites for hydroxylation is 3. The van der Waals surface area contributed by atoms with E-state index in [1.54, 1.807) is 34.5 Å². The number of aromatic nitrogens is 7. The van der Waals surface area contributed by atoms with Gasteiger partial charge in [0.1, 0.15) is 11.4 Å². The average Bonchev–Trinajstić information content (AvgIpc) is 3.44. The molecule has 0 aliphatic rings. The Hall–Kier alpha value is -5.38. The normalized spacial score (nSPS) is 12.4. The van der Waals surface area contributed by atoms with Gasteiger partial charge in [0, 0.05) is 30.7 Å². The number of nitrogens with one attached hydrogen (secondary N) is 1. The Labute approximate surface area is 242 Å². The van der Waals surface area contributed by atoms with Crippen molar-refractivity contribution in [3.8, 4) is 5.69 Å². The second-order valence-electron chi connectivity index (χ2n) is 10.3. The molecule has 6 aromatic rings. The molecule has 0 saturated carbocycles. The molecule has 42 heavy (non-hydrogen) atoms. The number of benzene rings is 2. The topological polar surface area (TPSA) is 112 Å². The molecule has 2 aromatic carbocycles. The van der Waals surface area contributed by atoms with Gasteiger partial charge in [-0.2, -0.15) is 10.2 Å². The van der Waals surface area contributed by atoms with Crippen LogP contribution in [-0.4, -0.2) is 39.8 Å². The van der Waals surface area contributed by atoms with E-state index in [0.29, 0.717) is 39.3 Å². The summed E-state index contributed by atoms with van der Waals surface area (Å²) >= 11 is 0. The van der Waals surface area contributed by atoms with E-state index in [4.69, 9.17) is 4.98 Å². The van der Waals surface area contributed by atoms with Crippen molar-refractivity contribution in [1.82, 2.24) is 39.2 Å². The molecular weight excluding hydrogens is 528 g/mol. The summed E-state index contributed by atoms with van der Waals surface area (Å²) in [6, 6.07) is 16.1. The number of fused-ring (bicyclic) bond motifs is 2. The molecule has 1 atom stereocenters. The summed E-state index contributed by atoms with van der Waals surface area (Å²) in [7, 11) is 1.91. The van der Waals surface area contributed by atoms with Crippen LogP contribution in [0.2, 0.25) is 0 Å². The number of amides is 1.